The molecule has 1 saturated heterocycles. The number of imidazole rings is 1. The molecule has 0 radical (unpaired) electrons. The summed E-state index contributed by atoms with van der Waals surface area (Å²) in [6.07, 6.45) is -0.388. The van der Waals surface area contributed by atoms with Gasteiger partial charge in [-0.25, -0.2) is 27.9 Å². The van der Waals surface area contributed by atoms with Gasteiger partial charge in [0.25, 0.3) is 0 Å². The van der Waals surface area contributed by atoms with Crippen LogP contribution in [0.2, 0.25) is 0 Å². The molecule has 0 spiro atoms. The van der Waals surface area contributed by atoms with Crippen LogP contribution < -0.4 is 4.74 Å². The van der Waals surface area contributed by atoms with E-state index in [9.17, 15) is 9.18 Å². The topological polar surface area (TPSA) is 108 Å². The SMILES string of the molecule is COC(=O)c1ccc2nc(Cc3cc(F)c(-c4cccc(OCc5ccc(C#N)cc5F)n4)cc3F)n([C@@H]3COC[C@@H]3OC)c2c1. The number of hydrogen-bond donors (Lipinski definition) is 0. The highest BCUT2D eigenvalue weighted by Crippen LogP contribution is 2.32. The van der Waals surface area contributed by atoms with Crippen LogP contribution in [0.3, 0.4) is 0 Å². The summed E-state index contributed by atoms with van der Waals surface area (Å²) in [6, 6.07) is 17.2. The molecular weight excluding hydrogens is 601 g/mol. The number of rotatable bonds is 9. The minimum Gasteiger partial charge on any atom is -0.473 e. The van der Waals surface area contributed by atoms with Crippen LogP contribution in [0.1, 0.15) is 38.9 Å². The number of pyridine rings is 1. The zero-order valence-electron chi connectivity index (χ0n) is 24.8. The molecule has 2 aromatic heterocycles. The van der Waals surface area contributed by atoms with Gasteiger partial charge in [0.2, 0.25) is 5.88 Å². The minimum absolute atomic E-state index is 0.0579. The third-order valence-electron chi connectivity index (χ3n) is 7.86. The number of ether oxygens (including phenoxy) is 4. The summed E-state index contributed by atoms with van der Waals surface area (Å²) in [6.45, 7) is 0.464. The van der Waals surface area contributed by atoms with Gasteiger partial charge in [0.1, 0.15) is 36.0 Å². The molecule has 0 saturated carbocycles. The van der Waals surface area contributed by atoms with Crippen LogP contribution in [0.4, 0.5) is 13.2 Å². The molecule has 0 N–H and O–H groups in total. The van der Waals surface area contributed by atoms with Gasteiger partial charge in [-0.2, -0.15) is 5.26 Å². The molecule has 1 fully saturated rings. The first-order valence-electron chi connectivity index (χ1n) is 14.3. The van der Waals surface area contributed by atoms with Gasteiger partial charge < -0.3 is 23.5 Å². The van der Waals surface area contributed by atoms with Gasteiger partial charge in [0, 0.05) is 30.7 Å². The molecule has 3 aromatic carbocycles. The van der Waals surface area contributed by atoms with Gasteiger partial charge in [-0.1, -0.05) is 12.1 Å². The first kappa shape index (κ1) is 30.8. The second-order valence-corrected chi connectivity index (χ2v) is 10.6. The highest BCUT2D eigenvalue weighted by molar-refractivity contribution is 5.93. The van der Waals surface area contributed by atoms with Crippen molar-refractivity contribution in [1.82, 2.24) is 14.5 Å². The van der Waals surface area contributed by atoms with Crippen LogP contribution in [-0.2, 0) is 27.2 Å². The maximum Gasteiger partial charge on any atom is 0.337 e. The number of carbonyl (C=O) groups is 1. The van der Waals surface area contributed by atoms with Crippen LogP contribution in [0, 0.1) is 28.8 Å². The maximum absolute atomic E-state index is 15.7. The first-order valence-corrected chi connectivity index (χ1v) is 14.3. The lowest BCUT2D eigenvalue weighted by Gasteiger charge is -2.21. The number of halogens is 3. The molecule has 0 bridgehead atoms. The first-order chi connectivity index (χ1) is 22.3. The molecule has 46 heavy (non-hydrogen) atoms. The van der Waals surface area contributed by atoms with Gasteiger partial charge in [-0.05, 0) is 54.1 Å². The summed E-state index contributed by atoms with van der Waals surface area (Å²) in [5.74, 6) is -2.00. The van der Waals surface area contributed by atoms with E-state index in [4.69, 9.17) is 29.2 Å². The fourth-order valence-electron chi connectivity index (χ4n) is 5.49. The van der Waals surface area contributed by atoms with Crippen LogP contribution >= 0.6 is 0 Å². The molecule has 1 aliphatic heterocycles. The lowest BCUT2D eigenvalue weighted by Crippen LogP contribution is -2.26. The highest BCUT2D eigenvalue weighted by atomic mass is 19.1. The molecule has 2 atom stereocenters. The zero-order valence-corrected chi connectivity index (χ0v) is 24.8. The van der Waals surface area contributed by atoms with Crippen LogP contribution in [0.15, 0.2) is 66.7 Å². The monoisotopic (exact) mass is 628 g/mol. The second kappa shape index (κ2) is 13.0. The molecule has 6 rings (SSSR count). The molecule has 9 nitrogen and oxygen atoms in total. The van der Waals surface area contributed by atoms with E-state index in [1.54, 1.807) is 31.4 Å². The largest absolute Gasteiger partial charge is 0.473 e. The molecule has 3 heterocycles. The fraction of sp³-hybridized carbons (Fsp3) is 0.235. The van der Waals surface area contributed by atoms with E-state index >= 15 is 8.78 Å². The molecule has 1 aliphatic rings. The molecular formula is C34H27F3N4O5. The van der Waals surface area contributed by atoms with Crippen LogP contribution in [0.5, 0.6) is 5.88 Å². The summed E-state index contributed by atoms with van der Waals surface area (Å²) in [5, 5.41) is 8.93. The molecule has 12 heteroatoms. The summed E-state index contributed by atoms with van der Waals surface area (Å²) in [5.41, 5.74) is 1.96. The Kier molecular flexibility index (Phi) is 8.70. The molecule has 5 aromatic rings. The average Bonchev–Trinajstić information content (AvgIpc) is 3.68. The van der Waals surface area contributed by atoms with E-state index in [1.165, 1.54) is 31.4 Å². The fourth-order valence-corrected chi connectivity index (χ4v) is 5.49. The summed E-state index contributed by atoms with van der Waals surface area (Å²) >= 11 is 0. The smallest absolute Gasteiger partial charge is 0.337 e. The standard InChI is InChI=1S/C34H27F3N4O5/c1-43-31-18-45-17-30(31)41-29-12-20(34(42)44-2)8-9-28(29)39-32(41)13-22-11-26(37)23(14-25(22)36)27-4-3-5-33(40-27)46-16-21-7-6-19(15-38)10-24(21)35/h3-12,14,30-31H,13,16-18H2,1-2H3/t30-,31+/m1/s1. The van der Waals surface area contributed by atoms with E-state index in [-0.39, 0.29) is 59.0 Å². The lowest BCUT2D eigenvalue weighted by molar-refractivity contribution is 0.0600. The number of nitrogens with zero attached hydrogens (tertiary/aromatic N) is 4. The van der Waals surface area contributed by atoms with Crippen LogP contribution in [-0.4, -0.2) is 54.0 Å². The summed E-state index contributed by atoms with van der Waals surface area (Å²) in [4.78, 5) is 21.3. The quantitative estimate of drug-likeness (QED) is 0.185. The average molecular weight is 629 g/mol. The lowest BCUT2D eigenvalue weighted by atomic mass is 10.0. The molecule has 0 aliphatic carbocycles. The normalized spacial score (nSPS) is 16.0. The molecule has 234 valence electrons. The number of hydrogen-bond acceptors (Lipinski definition) is 8. The summed E-state index contributed by atoms with van der Waals surface area (Å²) < 4.78 is 69.2. The Hall–Kier alpha value is -5.25. The van der Waals surface area contributed by atoms with E-state index in [0.29, 0.717) is 35.6 Å². The van der Waals surface area contributed by atoms with Crippen molar-refractivity contribution in [3.05, 3.63) is 112 Å². The van der Waals surface area contributed by atoms with E-state index in [2.05, 4.69) is 4.98 Å². The number of methoxy groups -OCH3 is 2. The Labute approximate surface area is 261 Å². The Morgan fingerprint density at radius 1 is 0.978 bits per heavy atom. The highest BCUT2D eigenvalue weighted by Gasteiger charge is 2.33. The van der Waals surface area contributed by atoms with Gasteiger partial charge in [0.15, 0.2) is 0 Å². The predicted octanol–water partition coefficient (Wildman–Crippen LogP) is 5.93. The van der Waals surface area contributed by atoms with Crippen molar-refractivity contribution in [2.24, 2.45) is 0 Å². The number of nitriles is 1. The third kappa shape index (κ3) is 6.02. The van der Waals surface area contributed by atoms with Crippen molar-refractivity contribution in [1.29, 1.82) is 5.26 Å². The van der Waals surface area contributed by atoms with Crippen molar-refractivity contribution in [3.63, 3.8) is 0 Å². The number of esters is 1. The van der Waals surface area contributed by atoms with Crippen molar-refractivity contribution in [3.8, 4) is 23.2 Å². The number of carbonyl (C=O) groups excluding carboxylic acids is 1. The zero-order chi connectivity index (χ0) is 32.4. The minimum atomic E-state index is -0.714. The number of benzene rings is 3. The van der Waals surface area contributed by atoms with E-state index in [1.807, 2.05) is 10.6 Å². The van der Waals surface area contributed by atoms with Gasteiger partial charge >= 0.3 is 5.97 Å². The number of fused-ring (bicyclic) bond motifs is 1. The van der Waals surface area contributed by atoms with Crippen molar-refractivity contribution in [2.45, 2.75) is 25.2 Å². The Morgan fingerprint density at radius 3 is 2.57 bits per heavy atom. The van der Waals surface area contributed by atoms with Crippen molar-refractivity contribution in [2.75, 3.05) is 27.4 Å². The van der Waals surface area contributed by atoms with Crippen molar-refractivity contribution < 1.29 is 36.9 Å². The van der Waals surface area contributed by atoms with E-state index in [0.717, 1.165) is 18.2 Å². The van der Waals surface area contributed by atoms with Gasteiger partial charge in [0.05, 0.1) is 60.3 Å². The maximum atomic E-state index is 15.7. The molecule has 0 unspecified atom stereocenters. The summed E-state index contributed by atoms with van der Waals surface area (Å²) in [7, 11) is 2.86. The third-order valence-corrected chi connectivity index (χ3v) is 7.86. The second-order valence-electron chi connectivity index (χ2n) is 10.6. The Bertz CT molecular complexity index is 1990. The predicted molar refractivity (Wildman–Crippen MR) is 160 cm³/mol. The molecule has 0 amide bonds. The van der Waals surface area contributed by atoms with Gasteiger partial charge in [-0.3, -0.25) is 0 Å². The van der Waals surface area contributed by atoms with Gasteiger partial charge in [-0.15, -0.1) is 0 Å². The Morgan fingerprint density at radius 2 is 1.80 bits per heavy atom. The van der Waals surface area contributed by atoms with Crippen molar-refractivity contribution >= 4 is 17.0 Å². The Balaban J connectivity index is 1.30. The van der Waals surface area contributed by atoms with Crippen LogP contribution in [0.25, 0.3) is 22.3 Å². The van der Waals surface area contributed by atoms with E-state index < -0.39 is 23.4 Å². The number of aromatic nitrogens is 3.